The number of fused-ring (bicyclic) bond motifs is 1. The molecule has 0 spiro atoms. The van der Waals surface area contributed by atoms with E-state index < -0.39 is 4.92 Å². The number of aryl methyl sites for hydroxylation is 1. The molecule has 0 saturated heterocycles. The zero-order chi connectivity index (χ0) is 32.0. The molecular formula is C30H30ClN10O4+. The molecule has 0 saturated carbocycles. The van der Waals surface area contributed by atoms with Crippen molar-refractivity contribution in [2.75, 3.05) is 31.3 Å². The SMILES string of the molecule is Cn1cnc([N+](=O)[O-])c1C[N+](C)(C)CC=CC(=O)Nc1cc2c(Nc3ccc(OCc4ccccn4)c(Cl)c3)ncnc2cn1. The van der Waals surface area contributed by atoms with Crippen molar-refractivity contribution < 1.29 is 18.9 Å². The number of carbonyl (C=O) groups is 1. The molecule has 1 aromatic carbocycles. The fourth-order valence-electron chi connectivity index (χ4n) is 4.46. The number of quaternary nitrogens is 1. The predicted octanol–water partition coefficient (Wildman–Crippen LogP) is 4.81. The van der Waals surface area contributed by atoms with Crippen LogP contribution in [0.25, 0.3) is 10.9 Å². The highest BCUT2D eigenvalue weighted by molar-refractivity contribution is 6.32. The number of ether oxygens (including phenoxy) is 1. The Labute approximate surface area is 263 Å². The maximum atomic E-state index is 12.7. The van der Waals surface area contributed by atoms with Gasteiger partial charge in [-0.1, -0.05) is 17.7 Å². The van der Waals surface area contributed by atoms with Crippen molar-refractivity contribution in [1.29, 1.82) is 0 Å². The van der Waals surface area contributed by atoms with Gasteiger partial charge in [-0.25, -0.2) is 15.0 Å². The highest BCUT2D eigenvalue weighted by Gasteiger charge is 2.27. The molecule has 5 rings (SSSR count). The van der Waals surface area contributed by atoms with Crippen molar-refractivity contribution in [2.24, 2.45) is 7.05 Å². The molecule has 4 aromatic heterocycles. The monoisotopic (exact) mass is 629 g/mol. The lowest BCUT2D eigenvalue weighted by Crippen LogP contribution is -2.39. The Morgan fingerprint density at radius 3 is 2.73 bits per heavy atom. The van der Waals surface area contributed by atoms with E-state index in [1.807, 2.05) is 38.4 Å². The molecule has 0 aliphatic rings. The Kier molecular flexibility index (Phi) is 9.25. The van der Waals surface area contributed by atoms with Gasteiger partial charge >= 0.3 is 5.82 Å². The topological polar surface area (TPSA) is 163 Å². The van der Waals surface area contributed by atoms with Crippen LogP contribution in [0.5, 0.6) is 5.75 Å². The van der Waals surface area contributed by atoms with Gasteiger partial charge in [-0.05, 0) is 52.4 Å². The molecular weight excluding hydrogens is 600 g/mol. The van der Waals surface area contributed by atoms with Gasteiger partial charge in [0.15, 0.2) is 5.69 Å². The van der Waals surface area contributed by atoms with Crippen LogP contribution < -0.4 is 15.4 Å². The lowest BCUT2D eigenvalue weighted by atomic mass is 10.2. The number of amides is 1. The molecule has 0 aliphatic carbocycles. The van der Waals surface area contributed by atoms with Gasteiger partial charge in [0.1, 0.15) is 36.9 Å². The Morgan fingerprint density at radius 1 is 1.13 bits per heavy atom. The van der Waals surface area contributed by atoms with E-state index >= 15 is 0 Å². The van der Waals surface area contributed by atoms with Crippen LogP contribution >= 0.6 is 11.6 Å². The van der Waals surface area contributed by atoms with Gasteiger partial charge in [0.2, 0.25) is 12.2 Å². The number of halogens is 1. The number of hydrogen-bond donors (Lipinski definition) is 2. The highest BCUT2D eigenvalue weighted by atomic mass is 35.5. The summed E-state index contributed by atoms with van der Waals surface area (Å²) in [6.07, 6.45) is 9.20. The van der Waals surface area contributed by atoms with E-state index in [2.05, 4.69) is 35.6 Å². The minimum absolute atomic E-state index is 0.170. The molecule has 45 heavy (non-hydrogen) atoms. The van der Waals surface area contributed by atoms with E-state index in [4.69, 9.17) is 16.3 Å². The molecule has 5 aromatic rings. The molecule has 4 heterocycles. The van der Waals surface area contributed by atoms with Crippen molar-refractivity contribution in [3.8, 4) is 5.75 Å². The van der Waals surface area contributed by atoms with Crippen molar-refractivity contribution >= 4 is 51.6 Å². The molecule has 15 heteroatoms. The Hall–Kier alpha value is -5.47. The highest BCUT2D eigenvalue weighted by Crippen LogP contribution is 2.31. The van der Waals surface area contributed by atoms with Crippen molar-refractivity contribution in [3.05, 3.63) is 106 Å². The number of aromatic nitrogens is 6. The summed E-state index contributed by atoms with van der Waals surface area (Å²) in [5, 5.41) is 18.4. The van der Waals surface area contributed by atoms with Crippen molar-refractivity contribution in [3.63, 3.8) is 0 Å². The normalized spacial score (nSPS) is 11.6. The van der Waals surface area contributed by atoms with Crippen LogP contribution in [0.2, 0.25) is 5.02 Å². The number of hydrogen-bond acceptors (Lipinski definition) is 10. The third-order valence-electron chi connectivity index (χ3n) is 6.73. The van der Waals surface area contributed by atoms with Crippen molar-refractivity contribution in [2.45, 2.75) is 13.2 Å². The molecule has 14 nitrogen and oxygen atoms in total. The smallest absolute Gasteiger partial charge is 0.390 e. The second-order valence-electron chi connectivity index (χ2n) is 10.7. The van der Waals surface area contributed by atoms with Crippen molar-refractivity contribution in [1.82, 2.24) is 29.5 Å². The second kappa shape index (κ2) is 13.4. The largest absolute Gasteiger partial charge is 0.486 e. The quantitative estimate of drug-likeness (QED) is 0.0847. The first kappa shape index (κ1) is 31.0. The number of nitrogens with one attached hydrogen (secondary N) is 2. The average molecular weight is 630 g/mol. The summed E-state index contributed by atoms with van der Waals surface area (Å²) in [4.78, 5) is 44.6. The fourth-order valence-corrected chi connectivity index (χ4v) is 4.69. The summed E-state index contributed by atoms with van der Waals surface area (Å²) in [6.45, 7) is 1.08. The summed E-state index contributed by atoms with van der Waals surface area (Å²) in [5.74, 6) is 0.771. The number of rotatable bonds is 12. The van der Waals surface area contributed by atoms with E-state index in [0.717, 1.165) is 5.69 Å². The Bertz CT molecular complexity index is 1880. The summed E-state index contributed by atoms with van der Waals surface area (Å²) in [5.41, 5.74) is 2.53. The minimum atomic E-state index is -0.493. The maximum Gasteiger partial charge on any atom is 0.390 e. The predicted molar refractivity (Wildman–Crippen MR) is 169 cm³/mol. The summed E-state index contributed by atoms with van der Waals surface area (Å²) < 4.78 is 7.81. The number of likely N-dealkylation sites (N-methyl/N-ethyl adjacent to an activating group) is 1. The van der Waals surface area contributed by atoms with E-state index in [0.29, 0.717) is 62.3 Å². The lowest BCUT2D eigenvalue weighted by Gasteiger charge is -2.27. The van der Waals surface area contributed by atoms with Crippen LogP contribution in [-0.2, 0) is 25.0 Å². The molecule has 2 N–H and O–H groups in total. The first-order valence-corrected chi connectivity index (χ1v) is 14.1. The molecule has 0 bridgehead atoms. The van der Waals surface area contributed by atoms with Crippen LogP contribution in [-0.4, -0.2) is 65.4 Å². The zero-order valence-corrected chi connectivity index (χ0v) is 25.5. The van der Waals surface area contributed by atoms with E-state index in [-0.39, 0.29) is 18.3 Å². The van der Waals surface area contributed by atoms with Gasteiger partial charge in [0.05, 0.1) is 43.1 Å². The lowest BCUT2D eigenvalue weighted by molar-refractivity contribution is -0.898. The average Bonchev–Trinajstić information content (AvgIpc) is 3.36. The zero-order valence-electron chi connectivity index (χ0n) is 24.7. The number of benzene rings is 1. The van der Waals surface area contributed by atoms with Gasteiger partial charge in [-0.15, -0.1) is 0 Å². The van der Waals surface area contributed by atoms with Crippen LogP contribution in [0, 0.1) is 10.1 Å². The Balaban J connectivity index is 1.23. The second-order valence-corrected chi connectivity index (χ2v) is 11.1. The fraction of sp³-hybridized carbons (Fsp3) is 0.200. The number of nitro groups is 1. The standard InChI is InChI=1S/C30H29ClN10O4/c1-39-19-36-30(40(43)44)25(39)16-41(2,3)12-6-8-28(42)38-27-14-22-24(15-33-27)34-18-35-29(22)37-20-9-10-26(23(31)13-20)45-17-21-7-4-5-11-32-21/h4-11,13-15,18-19H,12,16-17H2,1-3H3,(H-,33,34,35,37,38,42)/p+1. The van der Waals surface area contributed by atoms with Crippen LogP contribution in [0.1, 0.15) is 11.4 Å². The summed E-state index contributed by atoms with van der Waals surface area (Å²) in [7, 11) is 5.54. The van der Waals surface area contributed by atoms with Gasteiger partial charge in [0.25, 0.3) is 0 Å². The van der Waals surface area contributed by atoms with Gasteiger partial charge in [-0.2, -0.15) is 0 Å². The molecule has 0 unspecified atom stereocenters. The molecule has 230 valence electrons. The van der Waals surface area contributed by atoms with Gasteiger partial charge in [-0.3, -0.25) is 9.78 Å². The molecule has 1 amide bonds. The number of carbonyl (C=O) groups excluding carboxylic acids is 1. The third-order valence-corrected chi connectivity index (χ3v) is 7.02. The third kappa shape index (κ3) is 7.93. The van der Waals surface area contributed by atoms with E-state index in [9.17, 15) is 14.9 Å². The summed E-state index contributed by atoms with van der Waals surface area (Å²) in [6, 6.07) is 12.6. The number of pyridine rings is 2. The maximum absolute atomic E-state index is 12.7. The van der Waals surface area contributed by atoms with Crippen LogP contribution in [0.15, 0.2) is 79.7 Å². The van der Waals surface area contributed by atoms with E-state index in [1.165, 1.54) is 18.7 Å². The van der Waals surface area contributed by atoms with Gasteiger partial charge < -0.3 is 34.5 Å². The molecule has 0 atom stereocenters. The molecule has 0 radical (unpaired) electrons. The molecule has 0 aliphatic heterocycles. The number of nitrogens with zero attached hydrogens (tertiary/aromatic N) is 8. The minimum Gasteiger partial charge on any atom is -0.486 e. The first-order chi connectivity index (χ1) is 21.6. The summed E-state index contributed by atoms with van der Waals surface area (Å²) >= 11 is 6.48. The Morgan fingerprint density at radius 2 is 1.98 bits per heavy atom. The number of imidazole rings is 1. The molecule has 0 fully saturated rings. The van der Waals surface area contributed by atoms with Crippen LogP contribution in [0.4, 0.5) is 23.1 Å². The first-order valence-electron chi connectivity index (χ1n) is 13.7. The van der Waals surface area contributed by atoms with Gasteiger partial charge in [0, 0.05) is 30.4 Å². The van der Waals surface area contributed by atoms with E-state index in [1.54, 1.807) is 48.3 Å². The van der Waals surface area contributed by atoms with Crippen LogP contribution in [0.3, 0.4) is 0 Å². The number of anilines is 3.